The Labute approximate surface area is 167 Å². The molecule has 1 heterocycles. The molecule has 0 radical (unpaired) electrons. The first-order valence-electron chi connectivity index (χ1n) is 9.36. The standard InChI is InChI=1S/C24H20O5/c1-2-27-23-21(28-15-16-9-5-3-6-10-16)14-19(26)22-18(25)13-20(29-24(22)23)17-11-7-4-8-12-17/h3-14,26H,2,15H2,1H3. The zero-order chi connectivity index (χ0) is 20.2. The average Bonchev–Trinajstić information content (AvgIpc) is 2.75. The van der Waals surface area contributed by atoms with Crippen molar-refractivity contribution in [2.45, 2.75) is 13.5 Å². The van der Waals surface area contributed by atoms with E-state index in [-0.39, 0.29) is 28.8 Å². The van der Waals surface area contributed by atoms with Gasteiger partial charge in [-0.1, -0.05) is 60.7 Å². The van der Waals surface area contributed by atoms with E-state index < -0.39 is 0 Å². The fourth-order valence-corrected chi connectivity index (χ4v) is 3.14. The number of hydrogen-bond acceptors (Lipinski definition) is 5. The Morgan fingerprint density at radius 3 is 2.31 bits per heavy atom. The van der Waals surface area contributed by atoms with Crippen molar-refractivity contribution in [3.8, 4) is 28.6 Å². The van der Waals surface area contributed by atoms with Gasteiger partial charge in [-0.3, -0.25) is 4.79 Å². The zero-order valence-corrected chi connectivity index (χ0v) is 15.9. The van der Waals surface area contributed by atoms with E-state index in [1.165, 1.54) is 12.1 Å². The monoisotopic (exact) mass is 388 g/mol. The topological polar surface area (TPSA) is 68.9 Å². The summed E-state index contributed by atoms with van der Waals surface area (Å²) in [7, 11) is 0. The summed E-state index contributed by atoms with van der Waals surface area (Å²) in [6, 6.07) is 21.7. The van der Waals surface area contributed by atoms with Gasteiger partial charge in [0.25, 0.3) is 0 Å². The first kappa shape index (κ1) is 18.6. The quantitative estimate of drug-likeness (QED) is 0.495. The number of hydrogen-bond donors (Lipinski definition) is 1. The maximum atomic E-state index is 12.7. The van der Waals surface area contributed by atoms with Crippen LogP contribution in [0.4, 0.5) is 0 Å². The normalized spacial score (nSPS) is 10.8. The largest absolute Gasteiger partial charge is 0.507 e. The number of phenolic OH excluding ortho intramolecular Hbond substituents is 1. The number of fused-ring (bicyclic) bond motifs is 1. The van der Waals surface area contributed by atoms with Crippen molar-refractivity contribution in [2.75, 3.05) is 6.61 Å². The SMILES string of the molecule is CCOc1c(OCc2ccccc2)cc(O)c2c(=O)cc(-c3ccccc3)oc12. The van der Waals surface area contributed by atoms with Crippen molar-refractivity contribution < 1.29 is 19.0 Å². The number of benzene rings is 3. The van der Waals surface area contributed by atoms with Gasteiger partial charge in [0.05, 0.1) is 6.61 Å². The second-order valence-corrected chi connectivity index (χ2v) is 6.48. The second kappa shape index (κ2) is 8.10. The predicted molar refractivity (Wildman–Crippen MR) is 112 cm³/mol. The molecule has 29 heavy (non-hydrogen) atoms. The highest BCUT2D eigenvalue weighted by molar-refractivity contribution is 5.91. The van der Waals surface area contributed by atoms with Crippen LogP contribution < -0.4 is 14.9 Å². The van der Waals surface area contributed by atoms with E-state index in [9.17, 15) is 9.90 Å². The minimum Gasteiger partial charge on any atom is -0.507 e. The number of ether oxygens (including phenoxy) is 2. The Balaban J connectivity index is 1.86. The fourth-order valence-electron chi connectivity index (χ4n) is 3.14. The van der Waals surface area contributed by atoms with Crippen LogP contribution in [-0.4, -0.2) is 11.7 Å². The molecular formula is C24H20O5. The molecule has 0 aliphatic carbocycles. The number of phenols is 1. The van der Waals surface area contributed by atoms with Crippen molar-refractivity contribution in [2.24, 2.45) is 0 Å². The van der Waals surface area contributed by atoms with Gasteiger partial charge in [-0.15, -0.1) is 0 Å². The highest BCUT2D eigenvalue weighted by atomic mass is 16.5. The molecule has 0 aliphatic heterocycles. The Hall–Kier alpha value is -3.73. The summed E-state index contributed by atoms with van der Waals surface area (Å²) in [4.78, 5) is 12.7. The lowest BCUT2D eigenvalue weighted by atomic mass is 10.1. The molecule has 0 unspecified atom stereocenters. The summed E-state index contributed by atoms with van der Waals surface area (Å²) in [5, 5.41) is 10.6. The average molecular weight is 388 g/mol. The second-order valence-electron chi connectivity index (χ2n) is 6.48. The van der Waals surface area contributed by atoms with E-state index in [0.717, 1.165) is 11.1 Å². The van der Waals surface area contributed by atoms with E-state index in [2.05, 4.69) is 0 Å². The van der Waals surface area contributed by atoms with Crippen molar-refractivity contribution in [3.05, 3.63) is 88.6 Å². The predicted octanol–water partition coefficient (Wildman–Crippen LogP) is 5.14. The molecule has 0 saturated heterocycles. The van der Waals surface area contributed by atoms with Crippen LogP contribution in [0, 0.1) is 0 Å². The third-order valence-corrected chi connectivity index (χ3v) is 4.49. The lowest BCUT2D eigenvalue weighted by Crippen LogP contribution is -2.05. The van der Waals surface area contributed by atoms with Crippen molar-refractivity contribution in [1.82, 2.24) is 0 Å². The number of rotatable bonds is 6. The Bertz CT molecular complexity index is 1180. The molecule has 0 fully saturated rings. The van der Waals surface area contributed by atoms with E-state index >= 15 is 0 Å². The van der Waals surface area contributed by atoms with Crippen LogP contribution in [0.15, 0.2) is 82.0 Å². The van der Waals surface area contributed by atoms with Crippen LogP contribution in [0.5, 0.6) is 17.2 Å². The number of aromatic hydroxyl groups is 1. The third kappa shape index (κ3) is 3.80. The Morgan fingerprint density at radius 2 is 1.62 bits per heavy atom. The molecular weight excluding hydrogens is 368 g/mol. The summed E-state index contributed by atoms with van der Waals surface area (Å²) < 4.78 is 17.7. The summed E-state index contributed by atoms with van der Waals surface area (Å²) in [5.41, 5.74) is 1.54. The third-order valence-electron chi connectivity index (χ3n) is 4.49. The molecule has 5 nitrogen and oxygen atoms in total. The van der Waals surface area contributed by atoms with Crippen LogP contribution in [0.2, 0.25) is 0 Å². The van der Waals surface area contributed by atoms with Gasteiger partial charge in [-0.25, -0.2) is 0 Å². The van der Waals surface area contributed by atoms with E-state index in [0.29, 0.717) is 23.9 Å². The molecule has 0 atom stereocenters. The molecule has 0 amide bonds. The van der Waals surface area contributed by atoms with Gasteiger partial charge in [-0.05, 0) is 12.5 Å². The Morgan fingerprint density at radius 1 is 0.931 bits per heavy atom. The first-order chi connectivity index (χ1) is 14.2. The molecule has 1 aromatic heterocycles. The molecule has 0 saturated carbocycles. The minimum atomic E-state index is -0.349. The molecule has 0 spiro atoms. The van der Waals surface area contributed by atoms with E-state index in [4.69, 9.17) is 13.9 Å². The zero-order valence-electron chi connectivity index (χ0n) is 15.9. The summed E-state index contributed by atoms with van der Waals surface area (Å²) in [6.45, 7) is 2.47. The van der Waals surface area contributed by atoms with Crippen LogP contribution in [-0.2, 0) is 6.61 Å². The minimum absolute atomic E-state index is 0.0696. The van der Waals surface area contributed by atoms with Crippen LogP contribution in [0.1, 0.15) is 12.5 Å². The van der Waals surface area contributed by atoms with Crippen molar-refractivity contribution in [3.63, 3.8) is 0 Å². The lowest BCUT2D eigenvalue weighted by molar-refractivity contribution is 0.267. The molecule has 3 aromatic carbocycles. The first-order valence-corrected chi connectivity index (χ1v) is 9.36. The van der Waals surface area contributed by atoms with E-state index in [1.54, 1.807) is 0 Å². The molecule has 4 rings (SSSR count). The molecule has 5 heteroatoms. The fraction of sp³-hybridized carbons (Fsp3) is 0.125. The highest BCUT2D eigenvalue weighted by Crippen LogP contribution is 2.41. The molecule has 0 bridgehead atoms. The maximum Gasteiger partial charge on any atom is 0.205 e. The van der Waals surface area contributed by atoms with Gasteiger partial charge >= 0.3 is 0 Å². The van der Waals surface area contributed by atoms with Crippen LogP contribution in [0.25, 0.3) is 22.3 Å². The molecule has 146 valence electrons. The van der Waals surface area contributed by atoms with Crippen LogP contribution in [0.3, 0.4) is 0 Å². The van der Waals surface area contributed by atoms with Gasteiger partial charge in [0.15, 0.2) is 16.8 Å². The molecule has 0 aliphatic rings. The maximum absolute atomic E-state index is 12.7. The van der Waals surface area contributed by atoms with E-state index in [1.807, 2.05) is 67.6 Å². The smallest absolute Gasteiger partial charge is 0.205 e. The Kier molecular flexibility index (Phi) is 5.20. The van der Waals surface area contributed by atoms with Gasteiger partial charge in [-0.2, -0.15) is 0 Å². The van der Waals surface area contributed by atoms with Crippen LogP contribution >= 0.6 is 0 Å². The van der Waals surface area contributed by atoms with Gasteiger partial charge < -0.3 is 19.0 Å². The molecule has 4 aromatic rings. The lowest BCUT2D eigenvalue weighted by Gasteiger charge is -2.15. The molecule has 1 N–H and O–H groups in total. The van der Waals surface area contributed by atoms with Gasteiger partial charge in [0, 0.05) is 17.7 Å². The summed E-state index contributed by atoms with van der Waals surface area (Å²) in [6.07, 6.45) is 0. The summed E-state index contributed by atoms with van der Waals surface area (Å²) >= 11 is 0. The highest BCUT2D eigenvalue weighted by Gasteiger charge is 2.20. The van der Waals surface area contributed by atoms with Gasteiger partial charge in [0.1, 0.15) is 23.5 Å². The van der Waals surface area contributed by atoms with Crippen molar-refractivity contribution >= 4 is 11.0 Å². The summed E-state index contributed by atoms with van der Waals surface area (Å²) in [5.74, 6) is 0.795. The van der Waals surface area contributed by atoms with Crippen molar-refractivity contribution in [1.29, 1.82) is 0 Å². The van der Waals surface area contributed by atoms with Gasteiger partial charge in [0.2, 0.25) is 5.75 Å².